The van der Waals surface area contributed by atoms with Crippen molar-refractivity contribution >= 4 is 27.6 Å². The van der Waals surface area contributed by atoms with Crippen molar-refractivity contribution in [3.05, 3.63) is 23.2 Å². The molecule has 0 unspecified atom stereocenters. The number of rotatable bonds is 8. The average molecular weight is 322 g/mol. The van der Waals surface area contributed by atoms with Crippen molar-refractivity contribution in [1.29, 1.82) is 0 Å². The van der Waals surface area contributed by atoms with Gasteiger partial charge in [-0.1, -0.05) is 11.6 Å². The summed E-state index contributed by atoms with van der Waals surface area (Å²) in [5, 5.41) is 13.6. The number of primary sulfonamides is 1. The first-order chi connectivity index (χ1) is 9.30. The zero-order valence-corrected chi connectivity index (χ0v) is 12.3. The molecule has 0 aliphatic rings. The van der Waals surface area contributed by atoms with Gasteiger partial charge in [0, 0.05) is 6.42 Å². The first kappa shape index (κ1) is 16.7. The van der Waals surface area contributed by atoms with Crippen molar-refractivity contribution in [2.45, 2.75) is 30.6 Å². The van der Waals surface area contributed by atoms with E-state index in [0.29, 0.717) is 25.2 Å². The molecule has 3 N–H and O–H groups in total. The number of sulfonamides is 1. The highest BCUT2D eigenvalue weighted by Crippen LogP contribution is 2.27. The third kappa shape index (κ3) is 5.77. The molecule has 0 heterocycles. The Balaban J connectivity index is 2.44. The lowest BCUT2D eigenvalue weighted by Gasteiger charge is -2.08. The number of ether oxygens (including phenoxy) is 1. The highest BCUT2D eigenvalue weighted by Gasteiger charge is 2.11. The highest BCUT2D eigenvalue weighted by molar-refractivity contribution is 7.89. The normalized spacial score (nSPS) is 11.3. The maximum atomic E-state index is 11.1. The molecule has 0 saturated heterocycles. The van der Waals surface area contributed by atoms with Crippen molar-refractivity contribution in [3.8, 4) is 5.75 Å². The molecule has 0 saturated carbocycles. The molecule has 6 nitrogen and oxygen atoms in total. The molecule has 0 aliphatic heterocycles. The quantitative estimate of drug-likeness (QED) is 0.712. The molecule has 20 heavy (non-hydrogen) atoms. The molecule has 0 amide bonds. The van der Waals surface area contributed by atoms with Crippen LogP contribution in [0.5, 0.6) is 5.75 Å². The van der Waals surface area contributed by atoms with Gasteiger partial charge in [0.2, 0.25) is 10.0 Å². The maximum absolute atomic E-state index is 11.1. The molecule has 0 bridgehead atoms. The smallest absolute Gasteiger partial charge is 0.303 e. The van der Waals surface area contributed by atoms with Crippen molar-refractivity contribution in [3.63, 3.8) is 0 Å². The number of benzene rings is 1. The van der Waals surface area contributed by atoms with Crippen LogP contribution in [0.25, 0.3) is 0 Å². The number of carboxylic acids is 1. The van der Waals surface area contributed by atoms with E-state index in [4.69, 9.17) is 26.6 Å². The minimum Gasteiger partial charge on any atom is -0.492 e. The van der Waals surface area contributed by atoms with Crippen LogP contribution in [0.3, 0.4) is 0 Å². The van der Waals surface area contributed by atoms with Gasteiger partial charge in [-0.25, -0.2) is 13.6 Å². The van der Waals surface area contributed by atoms with Crippen molar-refractivity contribution in [2.24, 2.45) is 5.14 Å². The summed E-state index contributed by atoms with van der Waals surface area (Å²) in [4.78, 5) is 10.2. The fourth-order valence-corrected chi connectivity index (χ4v) is 2.35. The summed E-state index contributed by atoms with van der Waals surface area (Å²) in [7, 11) is -3.78. The molecule has 0 radical (unpaired) electrons. The minimum atomic E-state index is -3.78. The average Bonchev–Trinajstić information content (AvgIpc) is 2.33. The van der Waals surface area contributed by atoms with Crippen LogP contribution in [0.4, 0.5) is 0 Å². The van der Waals surface area contributed by atoms with E-state index in [0.717, 1.165) is 6.42 Å². The zero-order chi connectivity index (χ0) is 15.2. The number of hydrogen-bond donors (Lipinski definition) is 2. The predicted octanol–water partition coefficient (Wildman–Crippen LogP) is 2.01. The van der Waals surface area contributed by atoms with Gasteiger partial charge < -0.3 is 9.84 Å². The summed E-state index contributed by atoms with van der Waals surface area (Å²) >= 11 is 5.89. The Morgan fingerprint density at radius 1 is 1.30 bits per heavy atom. The van der Waals surface area contributed by atoms with Gasteiger partial charge in [0.25, 0.3) is 0 Å². The summed E-state index contributed by atoms with van der Waals surface area (Å²) in [5.41, 5.74) is 0. The zero-order valence-electron chi connectivity index (χ0n) is 10.7. The number of nitrogens with two attached hydrogens (primary N) is 1. The summed E-state index contributed by atoms with van der Waals surface area (Å²) in [6.45, 7) is 0.383. The number of hydrogen-bond acceptors (Lipinski definition) is 4. The first-order valence-electron chi connectivity index (χ1n) is 5.97. The molecule has 8 heteroatoms. The fourth-order valence-electron chi connectivity index (χ4n) is 1.51. The van der Waals surface area contributed by atoms with Gasteiger partial charge in [-0.3, -0.25) is 4.79 Å². The molecule has 0 atom stereocenters. The summed E-state index contributed by atoms with van der Waals surface area (Å²) < 4.78 is 27.6. The van der Waals surface area contributed by atoms with Crippen LogP contribution in [0.15, 0.2) is 23.1 Å². The number of halogens is 1. The van der Waals surface area contributed by atoms with Gasteiger partial charge in [-0.05, 0) is 37.5 Å². The third-order valence-corrected chi connectivity index (χ3v) is 3.73. The number of aliphatic carboxylic acids is 1. The SMILES string of the molecule is NS(=O)(=O)c1ccc(OCCCCCC(=O)O)c(Cl)c1. The molecule has 1 aromatic carbocycles. The van der Waals surface area contributed by atoms with Crippen molar-refractivity contribution in [1.82, 2.24) is 0 Å². The van der Waals surface area contributed by atoms with E-state index >= 15 is 0 Å². The van der Waals surface area contributed by atoms with Gasteiger partial charge in [-0.15, -0.1) is 0 Å². The standard InChI is InChI=1S/C12H16ClNO5S/c13-10-8-9(20(14,17)18)5-6-11(10)19-7-3-1-2-4-12(15)16/h5-6,8H,1-4,7H2,(H,15,16)(H2,14,17,18). The molecular weight excluding hydrogens is 306 g/mol. The topological polar surface area (TPSA) is 107 Å². The van der Waals surface area contributed by atoms with Gasteiger partial charge in [0.05, 0.1) is 16.5 Å². The van der Waals surface area contributed by atoms with Crippen LogP contribution < -0.4 is 9.88 Å². The van der Waals surface area contributed by atoms with Crippen LogP contribution >= 0.6 is 11.6 Å². The molecule has 0 aliphatic carbocycles. The van der Waals surface area contributed by atoms with E-state index < -0.39 is 16.0 Å². The van der Waals surface area contributed by atoms with E-state index in [1.165, 1.54) is 18.2 Å². The van der Waals surface area contributed by atoms with E-state index in [-0.39, 0.29) is 16.3 Å². The Morgan fingerprint density at radius 2 is 2.00 bits per heavy atom. The number of unbranched alkanes of at least 4 members (excludes halogenated alkanes) is 2. The molecule has 0 aromatic heterocycles. The molecular formula is C12H16ClNO5S. The summed E-state index contributed by atoms with van der Waals surface area (Å²) in [5.74, 6) is -0.440. The first-order valence-corrected chi connectivity index (χ1v) is 7.90. The van der Waals surface area contributed by atoms with Crippen LogP contribution in [0.1, 0.15) is 25.7 Å². The van der Waals surface area contributed by atoms with Crippen LogP contribution in [-0.2, 0) is 14.8 Å². The minimum absolute atomic E-state index is 0.0729. The van der Waals surface area contributed by atoms with Crippen molar-refractivity contribution in [2.75, 3.05) is 6.61 Å². The van der Waals surface area contributed by atoms with Gasteiger partial charge in [0.15, 0.2) is 0 Å². The van der Waals surface area contributed by atoms with E-state index in [1.54, 1.807) is 0 Å². The lowest BCUT2D eigenvalue weighted by atomic mass is 10.2. The lowest BCUT2D eigenvalue weighted by Crippen LogP contribution is -2.12. The van der Waals surface area contributed by atoms with E-state index in [1.807, 2.05) is 0 Å². The second kappa shape index (κ2) is 7.47. The second-order valence-corrected chi connectivity index (χ2v) is 6.16. The molecule has 0 spiro atoms. The Kier molecular flexibility index (Phi) is 6.25. The van der Waals surface area contributed by atoms with Crippen LogP contribution in [0.2, 0.25) is 5.02 Å². The Labute approximate surface area is 122 Å². The Morgan fingerprint density at radius 3 is 2.55 bits per heavy atom. The Hall–Kier alpha value is -1.31. The lowest BCUT2D eigenvalue weighted by molar-refractivity contribution is -0.137. The van der Waals surface area contributed by atoms with Crippen LogP contribution in [0, 0.1) is 0 Å². The third-order valence-electron chi connectivity index (χ3n) is 2.52. The molecule has 112 valence electrons. The van der Waals surface area contributed by atoms with Gasteiger partial charge in [0.1, 0.15) is 5.75 Å². The Bertz CT molecular complexity index is 573. The second-order valence-electron chi connectivity index (χ2n) is 4.19. The van der Waals surface area contributed by atoms with E-state index in [2.05, 4.69) is 0 Å². The largest absolute Gasteiger partial charge is 0.492 e. The van der Waals surface area contributed by atoms with Crippen LogP contribution in [-0.4, -0.2) is 26.1 Å². The monoisotopic (exact) mass is 321 g/mol. The predicted molar refractivity (Wildman–Crippen MR) is 74.4 cm³/mol. The fraction of sp³-hybridized carbons (Fsp3) is 0.417. The number of carboxylic acid groups (broad SMARTS) is 1. The van der Waals surface area contributed by atoms with E-state index in [9.17, 15) is 13.2 Å². The number of carbonyl (C=O) groups is 1. The highest BCUT2D eigenvalue weighted by atomic mass is 35.5. The summed E-state index contributed by atoms with van der Waals surface area (Å²) in [6, 6.07) is 4.00. The molecule has 1 aromatic rings. The summed E-state index contributed by atoms with van der Waals surface area (Å²) in [6.07, 6.45) is 2.17. The van der Waals surface area contributed by atoms with Gasteiger partial charge in [-0.2, -0.15) is 0 Å². The molecule has 0 fully saturated rings. The molecule has 1 rings (SSSR count). The maximum Gasteiger partial charge on any atom is 0.303 e. The van der Waals surface area contributed by atoms with Gasteiger partial charge >= 0.3 is 5.97 Å². The van der Waals surface area contributed by atoms with Crippen molar-refractivity contribution < 1.29 is 23.1 Å².